The molecule has 2 atom stereocenters. The van der Waals surface area contributed by atoms with Crippen LogP contribution in [0, 0.1) is 23.0 Å². The number of aliphatic hydroxyl groups excluding tert-OH is 1. The number of nitro groups is 1. The molecule has 21 heavy (non-hydrogen) atoms. The fourth-order valence-corrected chi connectivity index (χ4v) is 3.71. The van der Waals surface area contributed by atoms with E-state index in [0.717, 1.165) is 28.2 Å². The molecule has 0 amide bonds. The Kier molecular flexibility index (Phi) is 3.54. The standard InChI is InChI=1S/C14H17N3O3S/c1-8(18)10-3-4-16(7-10)12-5-11-14(21-9(2)15-11)6-13(12)17(19)20/h5-6,8,10,18H,3-4,7H2,1-2H3. The number of fused-ring (bicyclic) bond motifs is 1. The number of hydrogen-bond acceptors (Lipinski definition) is 6. The maximum absolute atomic E-state index is 11.4. The second-order valence-corrected chi connectivity index (χ2v) is 6.77. The smallest absolute Gasteiger partial charge is 0.294 e. The van der Waals surface area contributed by atoms with Gasteiger partial charge < -0.3 is 10.0 Å². The second-order valence-electron chi connectivity index (χ2n) is 5.53. The third-order valence-electron chi connectivity index (χ3n) is 4.04. The van der Waals surface area contributed by atoms with Crippen molar-refractivity contribution in [2.45, 2.75) is 26.4 Å². The van der Waals surface area contributed by atoms with Crippen LogP contribution in [0.2, 0.25) is 0 Å². The monoisotopic (exact) mass is 307 g/mol. The van der Waals surface area contributed by atoms with Crippen LogP contribution in [0.5, 0.6) is 0 Å². The Morgan fingerprint density at radius 2 is 2.33 bits per heavy atom. The lowest BCUT2D eigenvalue weighted by atomic mass is 10.0. The molecule has 1 saturated heterocycles. The number of thiazole rings is 1. The normalized spacial score (nSPS) is 20.1. The van der Waals surface area contributed by atoms with Crippen molar-refractivity contribution in [2.75, 3.05) is 18.0 Å². The van der Waals surface area contributed by atoms with Crippen molar-refractivity contribution in [3.05, 3.63) is 27.3 Å². The first kappa shape index (κ1) is 14.2. The highest BCUT2D eigenvalue weighted by atomic mass is 32.1. The molecule has 2 aromatic rings. The van der Waals surface area contributed by atoms with Crippen LogP contribution in [0.15, 0.2) is 12.1 Å². The Hall–Kier alpha value is -1.73. The summed E-state index contributed by atoms with van der Waals surface area (Å²) in [5.41, 5.74) is 1.54. The number of nitrogens with zero attached hydrogens (tertiary/aromatic N) is 3. The van der Waals surface area contributed by atoms with E-state index in [9.17, 15) is 15.2 Å². The summed E-state index contributed by atoms with van der Waals surface area (Å²) in [6, 6.07) is 3.42. The van der Waals surface area contributed by atoms with Gasteiger partial charge in [-0.3, -0.25) is 10.1 Å². The number of anilines is 1. The summed E-state index contributed by atoms with van der Waals surface area (Å²) in [5, 5.41) is 22.0. The van der Waals surface area contributed by atoms with E-state index in [0.29, 0.717) is 12.2 Å². The van der Waals surface area contributed by atoms with Gasteiger partial charge in [-0.25, -0.2) is 4.98 Å². The first-order chi connectivity index (χ1) is 9.95. The minimum absolute atomic E-state index is 0.123. The topological polar surface area (TPSA) is 79.5 Å². The largest absolute Gasteiger partial charge is 0.393 e. The van der Waals surface area contributed by atoms with E-state index in [1.807, 2.05) is 11.8 Å². The SMILES string of the molecule is Cc1nc2cc(N3CCC(C(C)O)C3)c([N+](=O)[O-])cc2s1. The van der Waals surface area contributed by atoms with Crippen LogP contribution in [0.25, 0.3) is 10.2 Å². The van der Waals surface area contributed by atoms with E-state index in [4.69, 9.17) is 0 Å². The van der Waals surface area contributed by atoms with E-state index in [1.165, 1.54) is 11.3 Å². The van der Waals surface area contributed by atoms with Crippen molar-refractivity contribution >= 4 is 32.9 Å². The van der Waals surface area contributed by atoms with E-state index >= 15 is 0 Å². The summed E-state index contributed by atoms with van der Waals surface area (Å²) in [7, 11) is 0. The van der Waals surface area contributed by atoms with Gasteiger partial charge in [-0.15, -0.1) is 11.3 Å². The molecule has 0 spiro atoms. The maximum Gasteiger partial charge on any atom is 0.294 e. The van der Waals surface area contributed by atoms with Gasteiger partial charge in [0.05, 0.1) is 26.3 Å². The summed E-state index contributed by atoms with van der Waals surface area (Å²) >= 11 is 1.47. The number of nitro benzene ring substituents is 1. The van der Waals surface area contributed by atoms with Crippen LogP contribution < -0.4 is 4.90 Å². The maximum atomic E-state index is 11.4. The van der Waals surface area contributed by atoms with Crippen LogP contribution >= 0.6 is 11.3 Å². The third-order valence-corrected chi connectivity index (χ3v) is 4.97. The lowest BCUT2D eigenvalue weighted by molar-refractivity contribution is -0.384. The van der Waals surface area contributed by atoms with Crippen LogP contribution in [0.4, 0.5) is 11.4 Å². The number of hydrogen-bond donors (Lipinski definition) is 1. The molecule has 1 fully saturated rings. The molecule has 1 aliphatic rings. The highest BCUT2D eigenvalue weighted by Crippen LogP contribution is 2.37. The molecule has 112 valence electrons. The van der Waals surface area contributed by atoms with E-state index in [-0.39, 0.29) is 22.6 Å². The zero-order chi connectivity index (χ0) is 15.1. The average molecular weight is 307 g/mol. The van der Waals surface area contributed by atoms with Crippen molar-refractivity contribution in [1.29, 1.82) is 0 Å². The zero-order valence-electron chi connectivity index (χ0n) is 11.9. The molecule has 1 N–H and O–H groups in total. The Morgan fingerprint density at radius 1 is 1.57 bits per heavy atom. The van der Waals surface area contributed by atoms with E-state index in [2.05, 4.69) is 4.98 Å². The predicted octanol–water partition coefficient (Wildman–Crippen LogP) is 2.72. The van der Waals surface area contributed by atoms with Crippen molar-refractivity contribution in [3.8, 4) is 0 Å². The van der Waals surface area contributed by atoms with Crippen LogP contribution in [0.3, 0.4) is 0 Å². The molecule has 3 rings (SSSR count). The molecule has 6 nitrogen and oxygen atoms in total. The molecule has 2 unspecified atom stereocenters. The Labute approximate surface area is 126 Å². The Balaban J connectivity index is 2.04. The van der Waals surface area contributed by atoms with Gasteiger partial charge in [-0.2, -0.15) is 0 Å². The summed E-state index contributed by atoms with van der Waals surface area (Å²) in [4.78, 5) is 17.4. The van der Waals surface area contributed by atoms with Gasteiger partial charge in [-0.05, 0) is 26.3 Å². The third kappa shape index (κ3) is 2.58. The van der Waals surface area contributed by atoms with Gasteiger partial charge in [0.25, 0.3) is 5.69 Å². The summed E-state index contributed by atoms with van der Waals surface area (Å²) in [6.45, 7) is 5.04. The van der Waals surface area contributed by atoms with Gasteiger partial charge >= 0.3 is 0 Å². The Bertz CT molecular complexity index is 698. The van der Waals surface area contributed by atoms with Gasteiger partial charge in [0.15, 0.2) is 0 Å². The molecule has 0 saturated carbocycles. The van der Waals surface area contributed by atoms with Crippen molar-refractivity contribution < 1.29 is 10.0 Å². The number of benzene rings is 1. The quantitative estimate of drug-likeness (QED) is 0.696. The van der Waals surface area contributed by atoms with Gasteiger partial charge in [0.1, 0.15) is 5.69 Å². The van der Waals surface area contributed by atoms with Crippen LogP contribution in [-0.4, -0.2) is 34.2 Å². The first-order valence-electron chi connectivity index (χ1n) is 6.94. The second kappa shape index (κ2) is 5.23. The number of rotatable bonds is 3. The number of aromatic nitrogens is 1. The summed E-state index contributed by atoms with van der Waals surface area (Å²) in [6.07, 6.45) is 0.461. The lowest BCUT2D eigenvalue weighted by Gasteiger charge is -2.19. The van der Waals surface area contributed by atoms with Crippen molar-refractivity contribution in [3.63, 3.8) is 0 Å². The molecule has 0 aliphatic carbocycles. The molecule has 1 aromatic carbocycles. The molecule has 1 aliphatic heterocycles. The van der Waals surface area contributed by atoms with Crippen LogP contribution in [-0.2, 0) is 0 Å². The number of aliphatic hydroxyl groups is 1. The summed E-state index contributed by atoms with van der Waals surface area (Å²) < 4.78 is 0.842. The lowest BCUT2D eigenvalue weighted by Crippen LogP contribution is -2.24. The van der Waals surface area contributed by atoms with Gasteiger partial charge in [-0.1, -0.05) is 0 Å². The first-order valence-corrected chi connectivity index (χ1v) is 7.76. The zero-order valence-corrected chi connectivity index (χ0v) is 12.8. The highest BCUT2D eigenvalue weighted by molar-refractivity contribution is 7.18. The average Bonchev–Trinajstić information content (AvgIpc) is 3.01. The highest BCUT2D eigenvalue weighted by Gasteiger charge is 2.30. The molecule has 0 bridgehead atoms. The fourth-order valence-electron chi connectivity index (χ4n) is 2.87. The predicted molar refractivity (Wildman–Crippen MR) is 83.0 cm³/mol. The van der Waals surface area contributed by atoms with Gasteiger partial charge in [0, 0.05) is 25.1 Å². The molecule has 2 heterocycles. The fraction of sp³-hybridized carbons (Fsp3) is 0.500. The van der Waals surface area contributed by atoms with E-state index in [1.54, 1.807) is 19.1 Å². The van der Waals surface area contributed by atoms with E-state index < -0.39 is 0 Å². The number of aryl methyl sites for hydroxylation is 1. The minimum Gasteiger partial charge on any atom is -0.393 e. The van der Waals surface area contributed by atoms with Crippen LogP contribution in [0.1, 0.15) is 18.4 Å². The molecular formula is C14H17N3O3S. The van der Waals surface area contributed by atoms with Crippen molar-refractivity contribution in [1.82, 2.24) is 4.98 Å². The summed E-state index contributed by atoms with van der Waals surface area (Å²) in [5.74, 6) is 0.164. The molecule has 1 aromatic heterocycles. The minimum atomic E-state index is -0.390. The Morgan fingerprint density at radius 3 is 2.95 bits per heavy atom. The van der Waals surface area contributed by atoms with Crippen molar-refractivity contribution in [2.24, 2.45) is 5.92 Å². The molecule has 0 radical (unpaired) electrons. The van der Waals surface area contributed by atoms with Gasteiger partial charge in [0.2, 0.25) is 0 Å². The molecule has 7 heteroatoms. The molecular weight excluding hydrogens is 290 g/mol.